The van der Waals surface area contributed by atoms with Gasteiger partial charge in [-0.2, -0.15) is 0 Å². The first-order valence-corrected chi connectivity index (χ1v) is 10.9. The van der Waals surface area contributed by atoms with Crippen molar-refractivity contribution in [2.45, 2.75) is 34.1 Å². The fourth-order valence-electron chi connectivity index (χ4n) is 3.60. The van der Waals surface area contributed by atoms with Gasteiger partial charge in [0, 0.05) is 16.8 Å². The largest absolute Gasteiger partial charge is 0.436 e. The molecule has 0 aliphatic carbocycles. The Kier molecular flexibility index (Phi) is 6.06. The van der Waals surface area contributed by atoms with Crippen LogP contribution < -0.4 is 10.6 Å². The number of amides is 1. The molecule has 0 saturated heterocycles. The maximum absolute atomic E-state index is 12.6. The van der Waals surface area contributed by atoms with Gasteiger partial charge < -0.3 is 9.73 Å². The first-order valence-electron chi connectivity index (χ1n) is 10.5. The van der Waals surface area contributed by atoms with Crippen molar-refractivity contribution in [1.29, 1.82) is 0 Å². The van der Waals surface area contributed by atoms with Crippen molar-refractivity contribution < 1.29 is 9.21 Å². The van der Waals surface area contributed by atoms with E-state index in [2.05, 4.69) is 28.6 Å². The van der Waals surface area contributed by atoms with Crippen molar-refractivity contribution in [3.8, 4) is 11.5 Å². The third-order valence-electron chi connectivity index (χ3n) is 5.45. The zero-order valence-electron chi connectivity index (χ0n) is 18.6. The first kappa shape index (κ1) is 21.7. The fraction of sp³-hybridized carbons (Fsp3) is 0.192. The van der Waals surface area contributed by atoms with Gasteiger partial charge in [0.15, 0.2) is 10.7 Å². The molecule has 162 valence electrons. The Morgan fingerprint density at radius 3 is 2.56 bits per heavy atom. The van der Waals surface area contributed by atoms with E-state index in [0.29, 0.717) is 11.5 Å². The van der Waals surface area contributed by atoms with E-state index in [1.165, 1.54) is 5.56 Å². The van der Waals surface area contributed by atoms with Crippen LogP contribution in [0.2, 0.25) is 0 Å². The SMILES string of the molecule is CCc1ccc2oc(-c3ccc(C)c(NC(=S)NC(=O)c4ccc(C)cc4C)c3)nc2c1. The lowest BCUT2D eigenvalue weighted by molar-refractivity contribution is 0.0977. The van der Waals surface area contributed by atoms with Gasteiger partial charge in [0.1, 0.15) is 5.52 Å². The molecule has 0 atom stereocenters. The quantitative estimate of drug-likeness (QED) is 0.373. The second-order valence-electron chi connectivity index (χ2n) is 7.93. The van der Waals surface area contributed by atoms with Crippen molar-refractivity contribution >= 4 is 40.0 Å². The van der Waals surface area contributed by atoms with E-state index in [1.807, 2.05) is 69.3 Å². The molecule has 0 aliphatic heterocycles. The van der Waals surface area contributed by atoms with Crippen molar-refractivity contribution in [2.24, 2.45) is 0 Å². The maximum Gasteiger partial charge on any atom is 0.257 e. The van der Waals surface area contributed by atoms with Gasteiger partial charge in [-0.05, 0) is 86.4 Å². The van der Waals surface area contributed by atoms with Crippen LogP contribution in [0.4, 0.5) is 5.69 Å². The van der Waals surface area contributed by atoms with Crippen LogP contribution in [0.25, 0.3) is 22.6 Å². The van der Waals surface area contributed by atoms with Gasteiger partial charge in [0.25, 0.3) is 5.91 Å². The number of hydrogen-bond acceptors (Lipinski definition) is 4. The first-order chi connectivity index (χ1) is 15.3. The zero-order chi connectivity index (χ0) is 22.8. The zero-order valence-corrected chi connectivity index (χ0v) is 19.4. The van der Waals surface area contributed by atoms with Crippen LogP contribution in [-0.4, -0.2) is 16.0 Å². The Labute approximate surface area is 192 Å². The Balaban J connectivity index is 1.54. The molecule has 5 nitrogen and oxygen atoms in total. The maximum atomic E-state index is 12.6. The third kappa shape index (κ3) is 4.55. The summed E-state index contributed by atoms with van der Waals surface area (Å²) in [5.41, 5.74) is 8.02. The fourth-order valence-corrected chi connectivity index (χ4v) is 3.80. The summed E-state index contributed by atoms with van der Waals surface area (Å²) in [6.45, 7) is 7.99. The minimum Gasteiger partial charge on any atom is -0.436 e. The van der Waals surface area contributed by atoms with Crippen LogP contribution in [0.3, 0.4) is 0 Å². The van der Waals surface area contributed by atoms with Crippen LogP contribution in [0.15, 0.2) is 59.0 Å². The highest BCUT2D eigenvalue weighted by Crippen LogP contribution is 2.28. The third-order valence-corrected chi connectivity index (χ3v) is 5.65. The Bertz CT molecular complexity index is 1340. The molecule has 1 heterocycles. The van der Waals surface area contributed by atoms with Crippen LogP contribution in [-0.2, 0) is 6.42 Å². The van der Waals surface area contributed by atoms with E-state index in [4.69, 9.17) is 16.6 Å². The van der Waals surface area contributed by atoms with Crippen LogP contribution in [0, 0.1) is 20.8 Å². The molecule has 6 heteroatoms. The smallest absolute Gasteiger partial charge is 0.257 e. The summed E-state index contributed by atoms with van der Waals surface area (Å²) < 4.78 is 5.96. The molecule has 4 rings (SSSR count). The number of aryl methyl sites for hydroxylation is 4. The molecule has 2 N–H and O–H groups in total. The lowest BCUT2D eigenvalue weighted by atomic mass is 10.1. The molecule has 0 radical (unpaired) electrons. The summed E-state index contributed by atoms with van der Waals surface area (Å²) in [6, 6.07) is 17.6. The molecule has 1 amide bonds. The lowest BCUT2D eigenvalue weighted by Gasteiger charge is -2.13. The molecule has 4 aromatic rings. The number of aromatic nitrogens is 1. The monoisotopic (exact) mass is 443 g/mol. The van der Waals surface area contributed by atoms with E-state index in [0.717, 1.165) is 45.5 Å². The number of benzene rings is 3. The van der Waals surface area contributed by atoms with E-state index < -0.39 is 0 Å². The number of carbonyl (C=O) groups excluding carboxylic acids is 1. The molecule has 32 heavy (non-hydrogen) atoms. The number of fused-ring (bicyclic) bond motifs is 1. The van der Waals surface area contributed by atoms with E-state index >= 15 is 0 Å². The highest BCUT2D eigenvalue weighted by Gasteiger charge is 2.14. The van der Waals surface area contributed by atoms with Crippen molar-refractivity contribution in [2.75, 3.05) is 5.32 Å². The average Bonchev–Trinajstić information content (AvgIpc) is 3.18. The number of nitrogens with zero attached hydrogens (tertiary/aromatic N) is 1. The van der Waals surface area contributed by atoms with Crippen molar-refractivity contribution in [3.05, 3.63) is 82.4 Å². The molecule has 0 saturated carbocycles. The predicted octanol–water partition coefficient (Wildman–Crippen LogP) is 6.11. The molecular formula is C26H25N3O2S. The highest BCUT2D eigenvalue weighted by molar-refractivity contribution is 7.80. The number of nitrogens with one attached hydrogen (secondary N) is 2. The second kappa shape index (κ2) is 8.93. The van der Waals surface area contributed by atoms with Gasteiger partial charge in [-0.1, -0.05) is 36.8 Å². The van der Waals surface area contributed by atoms with Crippen molar-refractivity contribution in [3.63, 3.8) is 0 Å². The normalized spacial score (nSPS) is 10.9. The second-order valence-corrected chi connectivity index (χ2v) is 8.34. The topological polar surface area (TPSA) is 67.2 Å². The molecule has 1 aromatic heterocycles. The number of rotatable bonds is 4. The van der Waals surface area contributed by atoms with Gasteiger partial charge in [-0.15, -0.1) is 0 Å². The molecule has 0 unspecified atom stereocenters. The minimum absolute atomic E-state index is 0.236. The number of oxazole rings is 1. The van der Waals surface area contributed by atoms with E-state index in [1.54, 1.807) is 0 Å². The molecule has 0 aliphatic rings. The summed E-state index contributed by atoms with van der Waals surface area (Å²) in [6.07, 6.45) is 0.946. The number of hydrogen-bond donors (Lipinski definition) is 2. The molecule has 3 aromatic carbocycles. The Hall–Kier alpha value is -3.51. The van der Waals surface area contributed by atoms with Gasteiger partial charge in [-0.3, -0.25) is 10.1 Å². The summed E-state index contributed by atoms with van der Waals surface area (Å²) >= 11 is 5.40. The van der Waals surface area contributed by atoms with Gasteiger partial charge in [-0.25, -0.2) is 4.98 Å². The highest BCUT2D eigenvalue weighted by atomic mass is 32.1. The summed E-state index contributed by atoms with van der Waals surface area (Å²) in [5, 5.41) is 6.14. The molecule has 0 bridgehead atoms. The van der Waals surface area contributed by atoms with E-state index in [-0.39, 0.29) is 11.0 Å². The Morgan fingerprint density at radius 2 is 1.81 bits per heavy atom. The summed E-state index contributed by atoms with van der Waals surface area (Å²) in [5.74, 6) is 0.307. The lowest BCUT2D eigenvalue weighted by Crippen LogP contribution is -2.34. The Morgan fingerprint density at radius 1 is 1.00 bits per heavy atom. The van der Waals surface area contributed by atoms with E-state index in [9.17, 15) is 4.79 Å². The summed E-state index contributed by atoms with van der Waals surface area (Å²) in [7, 11) is 0. The van der Waals surface area contributed by atoms with Crippen LogP contribution in [0.1, 0.15) is 39.5 Å². The predicted molar refractivity (Wildman–Crippen MR) is 133 cm³/mol. The molecular weight excluding hydrogens is 418 g/mol. The van der Waals surface area contributed by atoms with Crippen LogP contribution >= 0.6 is 12.2 Å². The number of thiocarbonyl (C=S) groups is 1. The van der Waals surface area contributed by atoms with Gasteiger partial charge >= 0.3 is 0 Å². The van der Waals surface area contributed by atoms with Crippen LogP contribution in [0.5, 0.6) is 0 Å². The standard InChI is InChI=1S/C26H25N3O2S/c1-5-18-8-11-23-22(13-18)27-25(31-23)19-9-7-16(3)21(14-19)28-26(32)29-24(30)20-10-6-15(2)12-17(20)4/h6-14H,5H2,1-4H3,(H2,28,29,30,32). The molecule has 0 spiro atoms. The van der Waals surface area contributed by atoms with Crippen molar-refractivity contribution in [1.82, 2.24) is 10.3 Å². The number of anilines is 1. The molecule has 0 fully saturated rings. The number of carbonyl (C=O) groups is 1. The van der Waals surface area contributed by atoms with Gasteiger partial charge in [0.2, 0.25) is 5.89 Å². The van der Waals surface area contributed by atoms with Gasteiger partial charge in [0.05, 0.1) is 0 Å². The summed E-state index contributed by atoms with van der Waals surface area (Å²) in [4.78, 5) is 17.3. The average molecular weight is 444 g/mol. The minimum atomic E-state index is -0.237.